The smallest absolute Gasteiger partial charge is 0.254 e. The first-order chi connectivity index (χ1) is 14.3. The molecule has 1 aliphatic rings. The van der Waals surface area contributed by atoms with Crippen molar-refractivity contribution >= 4 is 21.8 Å². The van der Waals surface area contributed by atoms with Crippen molar-refractivity contribution < 1.29 is 18.0 Å². The average Bonchev–Trinajstić information content (AvgIpc) is 2.74. The van der Waals surface area contributed by atoms with Crippen LogP contribution in [0.1, 0.15) is 46.0 Å². The van der Waals surface area contributed by atoms with Gasteiger partial charge in [-0.15, -0.1) is 0 Å². The van der Waals surface area contributed by atoms with Crippen LogP contribution in [-0.4, -0.2) is 55.8 Å². The molecule has 1 fully saturated rings. The zero-order valence-electron chi connectivity index (χ0n) is 17.1. The third-order valence-electron chi connectivity index (χ3n) is 5.13. The van der Waals surface area contributed by atoms with Gasteiger partial charge in [-0.05, 0) is 49.6 Å². The van der Waals surface area contributed by atoms with Crippen LogP contribution in [0.3, 0.4) is 0 Å². The van der Waals surface area contributed by atoms with Gasteiger partial charge < -0.3 is 10.2 Å². The van der Waals surface area contributed by atoms with Crippen molar-refractivity contribution in [2.75, 3.05) is 19.6 Å². The summed E-state index contributed by atoms with van der Waals surface area (Å²) in [6.07, 6.45) is 4.39. The molecule has 3 rings (SSSR count). The summed E-state index contributed by atoms with van der Waals surface area (Å²) in [4.78, 5) is 31.0. The minimum absolute atomic E-state index is 0.0247. The predicted molar refractivity (Wildman–Crippen MR) is 113 cm³/mol. The topological polar surface area (TPSA) is 108 Å². The Labute approximate surface area is 176 Å². The Hall–Kier alpha value is -2.78. The second kappa shape index (κ2) is 9.36. The third-order valence-corrected chi connectivity index (χ3v) is 6.67. The van der Waals surface area contributed by atoms with Crippen molar-refractivity contribution in [1.29, 1.82) is 0 Å². The lowest BCUT2D eigenvalue weighted by Crippen LogP contribution is -2.46. The van der Waals surface area contributed by atoms with Crippen LogP contribution in [-0.2, 0) is 10.0 Å². The van der Waals surface area contributed by atoms with E-state index in [1.807, 2.05) is 0 Å². The summed E-state index contributed by atoms with van der Waals surface area (Å²) >= 11 is 0. The fraction of sp³-hybridized carbons (Fsp3) is 0.381. The molecule has 1 saturated heterocycles. The molecule has 1 aliphatic heterocycles. The molecule has 0 radical (unpaired) electrons. The SMILES string of the molecule is CCNS(=O)(=O)c1ccc(C)c(C(=O)N2CCC(NC(=O)c3cccnc3)CC2)c1. The summed E-state index contributed by atoms with van der Waals surface area (Å²) in [7, 11) is -3.64. The van der Waals surface area contributed by atoms with Gasteiger partial charge in [0.15, 0.2) is 0 Å². The number of likely N-dealkylation sites (tertiary alicyclic amines) is 1. The maximum absolute atomic E-state index is 13.0. The number of piperidine rings is 1. The highest BCUT2D eigenvalue weighted by Crippen LogP contribution is 2.20. The Morgan fingerprint density at radius 3 is 2.57 bits per heavy atom. The number of benzene rings is 1. The van der Waals surface area contributed by atoms with E-state index in [4.69, 9.17) is 0 Å². The Morgan fingerprint density at radius 1 is 1.20 bits per heavy atom. The van der Waals surface area contributed by atoms with E-state index in [9.17, 15) is 18.0 Å². The monoisotopic (exact) mass is 430 g/mol. The number of nitrogens with one attached hydrogen (secondary N) is 2. The Morgan fingerprint density at radius 2 is 1.93 bits per heavy atom. The number of hydrogen-bond acceptors (Lipinski definition) is 5. The summed E-state index contributed by atoms with van der Waals surface area (Å²) in [6.45, 7) is 4.74. The number of carbonyl (C=O) groups excluding carboxylic acids is 2. The number of pyridine rings is 1. The van der Waals surface area contributed by atoms with Crippen LogP contribution in [0.15, 0.2) is 47.6 Å². The normalized spacial score (nSPS) is 15.1. The number of aromatic nitrogens is 1. The molecule has 2 heterocycles. The van der Waals surface area contributed by atoms with Crippen LogP contribution >= 0.6 is 0 Å². The molecule has 160 valence electrons. The first-order valence-electron chi connectivity index (χ1n) is 9.92. The summed E-state index contributed by atoms with van der Waals surface area (Å²) in [5.74, 6) is -0.372. The van der Waals surface area contributed by atoms with E-state index < -0.39 is 10.0 Å². The summed E-state index contributed by atoms with van der Waals surface area (Å²) < 4.78 is 27.0. The van der Waals surface area contributed by atoms with Crippen LogP contribution < -0.4 is 10.0 Å². The molecule has 1 aromatic carbocycles. The van der Waals surface area contributed by atoms with Crippen molar-refractivity contribution in [3.8, 4) is 0 Å². The van der Waals surface area contributed by atoms with E-state index in [0.29, 0.717) is 37.1 Å². The van der Waals surface area contributed by atoms with E-state index in [-0.39, 0.29) is 29.3 Å². The van der Waals surface area contributed by atoms with Gasteiger partial charge in [0, 0.05) is 43.6 Å². The maximum Gasteiger partial charge on any atom is 0.254 e. The fourth-order valence-corrected chi connectivity index (χ4v) is 4.50. The number of rotatable bonds is 6. The molecule has 8 nitrogen and oxygen atoms in total. The molecule has 0 spiro atoms. The molecular formula is C21H26N4O4S. The van der Waals surface area contributed by atoms with Crippen LogP contribution in [0.5, 0.6) is 0 Å². The molecular weight excluding hydrogens is 404 g/mol. The maximum atomic E-state index is 13.0. The molecule has 9 heteroatoms. The average molecular weight is 431 g/mol. The van der Waals surface area contributed by atoms with Crippen LogP contribution in [0.4, 0.5) is 0 Å². The lowest BCUT2D eigenvalue weighted by atomic mass is 10.0. The van der Waals surface area contributed by atoms with Gasteiger partial charge in [-0.1, -0.05) is 13.0 Å². The number of nitrogens with zero attached hydrogens (tertiary/aromatic N) is 2. The molecule has 30 heavy (non-hydrogen) atoms. The van der Waals surface area contributed by atoms with Gasteiger partial charge >= 0.3 is 0 Å². The van der Waals surface area contributed by atoms with Gasteiger partial charge in [0.25, 0.3) is 11.8 Å². The highest BCUT2D eigenvalue weighted by atomic mass is 32.2. The summed E-state index contributed by atoms with van der Waals surface area (Å²) in [5, 5.41) is 2.98. The van der Waals surface area contributed by atoms with E-state index in [1.165, 1.54) is 18.3 Å². The fourth-order valence-electron chi connectivity index (χ4n) is 3.44. The number of aryl methyl sites for hydroxylation is 1. The zero-order valence-corrected chi connectivity index (χ0v) is 17.9. The second-order valence-electron chi connectivity index (χ2n) is 7.26. The lowest BCUT2D eigenvalue weighted by Gasteiger charge is -2.32. The first kappa shape index (κ1) is 21.9. The summed E-state index contributed by atoms with van der Waals surface area (Å²) in [6, 6.07) is 7.98. The van der Waals surface area contributed by atoms with Gasteiger partial charge in [0.05, 0.1) is 10.5 Å². The van der Waals surface area contributed by atoms with Gasteiger partial charge in [0.2, 0.25) is 10.0 Å². The minimum atomic E-state index is -3.64. The Bertz CT molecular complexity index is 1020. The highest BCUT2D eigenvalue weighted by Gasteiger charge is 2.26. The molecule has 0 saturated carbocycles. The van der Waals surface area contributed by atoms with Crippen LogP contribution in [0, 0.1) is 6.92 Å². The van der Waals surface area contributed by atoms with Crippen molar-refractivity contribution in [1.82, 2.24) is 19.9 Å². The number of amides is 2. The molecule has 0 aliphatic carbocycles. The molecule has 0 atom stereocenters. The lowest BCUT2D eigenvalue weighted by molar-refractivity contribution is 0.0697. The second-order valence-corrected chi connectivity index (χ2v) is 9.03. The molecule has 0 bridgehead atoms. The predicted octanol–water partition coefficient (Wildman–Crippen LogP) is 1.72. The standard InChI is InChI=1S/C21H26N4O4S/c1-3-23-30(28,29)18-7-6-15(2)19(13-18)21(27)25-11-8-17(9-12-25)24-20(26)16-5-4-10-22-14-16/h4-7,10,13-14,17,23H,3,8-9,11-12H2,1-2H3,(H,24,26). The quantitative estimate of drug-likeness (QED) is 0.725. The van der Waals surface area contributed by atoms with Crippen molar-refractivity contribution in [2.24, 2.45) is 0 Å². The van der Waals surface area contributed by atoms with Crippen LogP contribution in [0.2, 0.25) is 0 Å². The Kier molecular flexibility index (Phi) is 6.84. The third kappa shape index (κ3) is 5.03. The largest absolute Gasteiger partial charge is 0.349 e. The van der Waals surface area contributed by atoms with E-state index in [2.05, 4.69) is 15.0 Å². The Balaban J connectivity index is 1.65. The molecule has 2 aromatic rings. The molecule has 2 N–H and O–H groups in total. The van der Waals surface area contributed by atoms with E-state index >= 15 is 0 Å². The minimum Gasteiger partial charge on any atom is -0.349 e. The van der Waals surface area contributed by atoms with Crippen molar-refractivity contribution in [2.45, 2.75) is 37.6 Å². The van der Waals surface area contributed by atoms with Gasteiger partial charge in [-0.3, -0.25) is 14.6 Å². The van der Waals surface area contributed by atoms with Gasteiger partial charge in [-0.2, -0.15) is 0 Å². The van der Waals surface area contributed by atoms with Crippen molar-refractivity contribution in [3.05, 3.63) is 59.4 Å². The van der Waals surface area contributed by atoms with Gasteiger partial charge in [0.1, 0.15) is 0 Å². The van der Waals surface area contributed by atoms with Crippen LogP contribution in [0.25, 0.3) is 0 Å². The first-order valence-corrected chi connectivity index (χ1v) is 11.4. The molecule has 0 unspecified atom stereocenters. The highest BCUT2D eigenvalue weighted by molar-refractivity contribution is 7.89. The molecule has 2 amide bonds. The van der Waals surface area contributed by atoms with Crippen molar-refractivity contribution in [3.63, 3.8) is 0 Å². The number of carbonyl (C=O) groups is 2. The number of hydrogen-bond donors (Lipinski definition) is 2. The van der Waals surface area contributed by atoms with E-state index in [1.54, 1.807) is 43.1 Å². The zero-order chi connectivity index (χ0) is 21.7. The van der Waals surface area contributed by atoms with E-state index in [0.717, 1.165) is 5.56 Å². The molecule has 1 aromatic heterocycles. The summed E-state index contributed by atoms with van der Waals surface area (Å²) in [5.41, 5.74) is 1.61. The number of sulfonamides is 1. The van der Waals surface area contributed by atoms with Gasteiger partial charge in [-0.25, -0.2) is 13.1 Å².